The molecule has 1 aliphatic heterocycles. The molecular weight excluding hydrogens is 280 g/mol. The van der Waals surface area contributed by atoms with Gasteiger partial charge in [0.25, 0.3) is 0 Å². The first-order valence-corrected chi connectivity index (χ1v) is 7.21. The Kier molecular flexibility index (Phi) is 3.67. The van der Waals surface area contributed by atoms with E-state index in [0.717, 1.165) is 5.56 Å². The van der Waals surface area contributed by atoms with E-state index in [0.29, 0.717) is 17.7 Å². The van der Waals surface area contributed by atoms with Gasteiger partial charge in [-0.25, -0.2) is 4.79 Å². The van der Waals surface area contributed by atoms with Crippen LogP contribution >= 0.6 is 0 Å². The van der Waals surface area contributed by atoms with Crippen LogP contribution in [0.25, 0.3) is 0 Å². The molecule has 1 atom stereocenters. The molecule has 4 heteroatoms. The number of hydrogen-bond donors (Lipinski definition) is 0. The Bertz CT molecular complexity index is 708. The molecule has 0 radical (unpaired) electrons. The van der Waals surface area contributed by atoms with E-state index in [1.54, 1.807) is 19.1 Å². The zero-order valence-electron chi connectivity index (χ0n) is 12.2. The van der Waals surface area contributed by atoms with Crippen molar-refractivity contribution in [3.05, 3.63) is 71.3 Å². The molecule has 3 rings (SSSR count). The second kappa shape index (κ2) is 5.64. The Morgan fingerprint density at radius 2 is 1.77 bits per heavy atom. The third-order valence-corrected chi connectivity index (χ3v) is 3.79. The van der Waals surface area contributed by atoms with E-state index >= 15 is 0 Å². The van der Waals surface area contributed by atoms with Crippen LogP contribution in [0.1, 0.15) is 34.8 Å². The van der Waals surface area contributed by atoms with Crippen LogP contribution in [0.5, 0.6) is 0 Å². The highest BCUT2D eigenvalue weighted by Gasteiger charge is 2.48. The predicted octanol–water partition coefficient (Wildman–Crippen LogP) is 3.05. The van der Waals surface area contributed by atoms with Gasteiger partial charge in [-0.3, -0.25) is 4.79 Å². The van der Waals surface area contributed by atoms with Gasteiger partial charge in [-0.2, -0.15) is 0 Å². The van der Waals surface area contributed by atoms with Gasteiger partial charge < -0.3 is 9.47 Å². The van der Waals surface area contributed by atoms with Crippen molar-refractivity contribution in [1.29, 1.82) is 0 Å². The van der Waals surface area contributed by atoms with E-state index in [2.05, 4.69) is 0 Å². The smallest absolute Gasteiger partial charge is 0.339 e. The molecule has 0 N–H and O–H groups in total. The summed E-state index contributed by atoms with van der Waals surface area (Å²) in [6.45, 7) is 2.04. The summed E-state index contributed by atoms with van der Waals surface area (Å²) in [5.41, 5.74) is 0.859. The van der Waals surface area contributed by atoms with Gasteiger partial charge in [0.15, 0.2) is 5.60 Å². The van der Waals surface area contributed by atoms with Gasteiger partial charge in [-0.1, -0.05) is 48.5 Å². The van der Waals surface area contributed by atoms with Crippen molar-refractivity contribution in [3.63, 3.8) is 0 Å². The molecule has 0 spiro atoms. The number of cyclic esters (lactones) is 1. The molecule has 0 amide bonds. The molecule has 1 aliphatic rings. The van der Waals surface area contributed by atoms with Crippen molar-refractivity contribution in [2.24, 2.45) is 0 Å². The Morgan fingerprint density at radius 1 is 1.09 bits per heavy atom. The van der Waals surface area contributed by atoms with E-state index in [1.807, 2.05) is 42.5 Å². The molecule has 0 fully saturated rings. The van der Waals surface area contributed by atoms with Gasteiger partial charge in [-0.05, 0) is 13.0 Å². The standard InChI is InChI=1S/C18H16O4/c1-2-21-16(19)12-18(13-8-4-3-5-9-13)15-11-7-6-10-14(15)17(20)22-18/h3-11H,2,12H2,1H3. The fourth-order valence-corrected chi connectivity index (χ4v) is 2.85. The van der Waals surface area contributed by atoms with Crippen molar-refractivity contribution < 1.29 is 19.1 Å². The molecule has 0 aliphatic carbocycles. The largest absolute Gasteiger partial charge is 0.466 e. The predicted molar refractivity (Wildman–Crippen MR) is 80.3 cm³/mol. The number of fused-ring (bicyclic) bond motifs is 1. The highest BCUT2D eigenvalue weighted by molar-refractivity contribution is 5.96. The number of esters is 2. The summed E-state index contributed by atoms with van der Waals surface area (Å²) in [4.78, 5) is 24.3. The maximum Gasteiger partial charge on any atom is 0.339 e. The fourth-order valence-electron chi connectivity index (χ4n) is 2.85. The molecule has 0 bridgehead atoms. The van der Waals surface area contributed by atoms with Gasteiger partial charge in [0.2, 0.25) is 0 Å². The van der Waals surface area contributed by atoms with Gasteiger partial charge >= 0.3 is 11.9 Å². The second-order valence-electron chi connectivity index (χ2n) is 5.11. The van der Waals surface area contributed by atoms with Crippen LogP contribution in [0.15, 0.2) is 54.6 Å². The average molecular weight is 296 g/mol. The average Bonchev–Trinajstić information content (AvgIpc) is 2.82. The molecular formula is C18H16O4. The third kappa shape index (κ3) is 2.26. The topological polar surface area (TPSA) is 52.6 Å². The van der Waals surface area contributed by atoms with Crippen LogP contribution in [-0.2, 0) is 19.9 Å². The van der Waals surface area contributed by atoms with Crippen LogP contribution in [-0.4, -0.2) is 18.5 Å². The van der Waals surface area contributed by atoms with Gasteiger partial charge in [0.1, 0.15) is 0 Å². The number of carbonyl (C=O) groups is 2. The lowest BCUT2D eigenvalue weighted by Gasteiger charge is -2.28. The number of benzene rings is 2. The van der Waals surface area contributed by atoms with Crippen molar-refractivity contribution in [2.75, 3.05) is 6.61 Å². The van der Waals surface area contributed by atoms with Crippen molar-refractivity contribution >= 4 is 11.9 Å². The number of hydrogen-bond acceptors (Lipinski definition) is 4. The number of carbonyl (C=O) groups excluding carboxylic acids is 2. The molecule has 1 heterocycles. The second-order valence-corrected chi connectivity index (χ2v) is 5.11. The summed E-state index contributed by atoms with van der Waals surface area (Å²) < 4.78 is 10.8. The van der Waals surface area contributed by atoms with Crippen LogP contribution in [0.3, 0.4) is 0 Å². The molecule has 112 valence electrons. The van der Waals surface area contributed by atoms with Crippen molar-refractivity contribution in [2.45, 2.75) is 18.9 Å². The molecule has 22 heavy (non-hydrogen) atoms. The number of ether oxygens (including phenoxy) is 2. The van der Waals surface area contributed by atoms with Crippen LogP contribution in [0.2, 0.25) is 0 Å². The maximum absolute atomic E-state index is 12.2. The van der Waals surface area contributed by atoms with Gasteiger partial charge in [-0.15, -0.1) is 0 Å². The first kappa shape index (κ1) is 14.3. The Morgan fingerprint density at radius 3 is 2.50 bits per heavy atom. The first-order valence-electron chi connectivity index (χ1n) is 7.21. The Balaban J connectivity index is 2.14. The summed E-state index contributed by atoms with van der Waals surface area (Å²) in [5, 5.41) is 0. The summed E-state index contributed by atoms with van der Waals surface area (Å²) in [5.74, 6) is -0.806. The molecule has 2 aromatic carbocycles. The molecule has 4 nitrogen and oxygen atoms in total. The minimum absolute atomic E-state index is 0.0341. The van der Waals surface area contributed by atoms with E-state index in [9.17, 15) is 9.59 Å². The third-order valence-electron chi connectivity index (χ3n) is 3.79. The zero-order chi connectivity index (χ0) is 15.6. The zero-order valence-corrected chi connectivity index (χ0v) is 12.2. The highest BCUT2D eigenvalue weighted by atomic mass is 16.6. The lowest BCUT2D eigenvalue weighted by molar-refractivity contribution is -0.147. The van der Waals surface area contributed by atoms with Crippen LogP contribution < -0.4 is 0 Å². The summed E-state index contributed by atoms with van der Waals surface area (Å²) in [6.07, 6.45) is -0.0341. The number of rotatable bonds is 4. The molecule has 2 aromatic rings. The van der Waals surface area contributed by atoms with Crippen molar-refractivity contribution in [3.8, 4) is 0 Å². The van der Waals surface area contributed by atoms with E-state index < -0.39 is 17.5 Å². The maximum atomic E-state index is 12.2. The molecule has 1 unspecified atom stereocenters. The van der Waals surface area contributed by atoms with E-state index in [4.69, 9.17) is 9.47 Å². The normalized spacial score (nSPS) is 19.4. The van der Waals surface area contributed by atoms with Crippen LogP contribution in [0, 0.1) is 0 Å². The van der Waals surface area contributed by atoms with E-state index in [-0.39, 0.29) is 6.42 Å². The first-order chi connectivity index (χ1) is 10.7. The minimum Gasteiger partial charge on any atom is -0.466 e. The van der Waals surface area contributed by atoms with Gasteiger partial charge in [0, 0.05) is 11.1 Å². The lowest BCUT2D eigenvalue weighted by Crippen LogP contribution is -2.31. The fraction of sp³-hybridized carbons (Fsp3) is 0.222. The summed E-state index contributed by atoms with van der Waals surface area (Å²) in [6, 6.07) is 16.5. The Labute approximate surface area is 128 Å². The molecule has 0 aromatic heterocycles. The Hall–Kier alpha value is -2.62. The summed E-state index contributed by atoms with van der Waals surface area (Å²) >= 11 is 0. The van der Waals surface area contributed by atoms with Crippen LogP contribution in [0.4, 0.5) is 0 Å². The monoisotopic (exact) mass is 296 g/mol. The molecule has 0 saturated heterocycles. The lowest BCUT2D eigenvalue weighted by atomic mass is 9.83. The molecule has 0 saturated carbocycles. The van der Waals surface area contributed by atoms with E-state index in [1.165, 1.54) is 0 Å². The summed E-state index contributed by atoms with van der Waals surface area (Å²) in [7, 11) is 0. The van der Waals surface area contributed by atoms with Gasteiger partial charge in [0.05, 0.1) is 18.6 Å². The highest BCUT2D eigenvalue weighted by Crippen LogP contribution is 2.44. The SMILES string of the molecule is CCOC(=O)CC1(c2ccccc2)OC(=O)c2ccccc21. The van der Waals surface area contributed by atoms with Crippen molar-refractivity contribution in [1.82, 2.24) is 0 Å². The quantitative estimate of drug-likeness (QED) is 0.814. The minimum atomic E-state index is -1.11.